The van der Waals surface area contributed by atoms with Crippen molar-refractivity contribution in [2.45, 2.75) is 0 Å². The van der Waals surface area contributed by atoms with Gasteiger partial charge in [0.05, 0.1) is 11.4 Å². The van der Waals surface area contributed by atoms with E-state index in [1.54, 1.807) is 0 Å². The Morgan fingerprint density at radius 1 is 0.472 bits per heavy atom. The number of para-hydroxylation sites is 1. The van der Waals surface area contributed by atoms with E-state index in [1.807, 2.05) is 42.5 Å². The summed E-state index contributed by atoms with van der Waals surface area (Å²) in [6.45, 7) is 0. The molecule has 0 radical (unpaired) electrons. The molecule has 2 aromatic heterocycles. The van der Waals surface area contributed by atoms with Gasteiger partial charge in [0, 0.05) is 39.3 Å². The van der Waals surface area contributed by atoms with E-state index >= 15 is 0 Å². The summed E-state index contributed by atoms with van der Waals surface area (Å²) >= 11 is 0. The molecule has 53 heavy (non-hydrogen) atoms. The van der Waals surface area contributed by atoms with Gasteiger partial charge >= 0.3 is 0 Å². The predicted molar refractivity (Wildman–Crippen MR) is 217 cm³/mol. The Hall–Kier alpha value is -6.84. The normalized spacial score (nSPS) is 18.2. The first kappa shape index (κ1) is 29.8. The molecule has 4 aliphatic rings. The Kier molecular flexibility index (Phi) is 6.68. The van der Waals surface area contributed by atoms with E-state index in [-0.39, 0.29) is 0 Å². The number of aromatic nitrogens is 2. The molecule has 3 nitrogen and oxygen atoms in total. The van der Waals surface area contributed by atoms with E-state index in [2.05, 4.69) is 140 Å². The third kappa shape index (κ3) is 4.82. The van der Waals surface area contributed by atoms with E-state index in [4.69, 9.17) is 14.4 Å². The molecule has 0 aliphatic heterocycles. The molecule has 2 heterocycles. The lowest BCUT2D eigenvalue weighted by molar-refractivity contribution is 0.566. The van der Waals surface area contributed by atoms with Gasteiger partial charge in [-0.1, -0.05) is 164 Å². The molecule has 2 unspecified atom stereocenters. The molecule has 0 fully saturated rings. The van der Waals surface area contributed by atoms with Crippen molar-refractivity contribution in [3.8, 4) is 45.0 Å². The summed E-state index contributed by atoms with van der Waals surface area (Å²) in [6, 6.07) is 44.4. The van der Waals surface area contributed by atoms with Crippen LogP contribution < -0.4 is 0 Å². The van der Waals surface area contributed by atoms with Crippen molar-refractivity contribution in [2.75, 3.05) is 0 Å². The van der Waals surface area contributed by atoms with Crippen LogP contribution in [0.2, 0.25) is 0 Å². The second kappa shape index (κ2) is 11.9. The van der Waals surface area contributed by atoms with Crippen LogP contribution in [-0.2, 0) is 0 Å². The van der Waals surface area contributed by atoms with Gasteiger partial charge in [-0.25, -0.2) is 9.97 Å². The molecule has 5 aromatic carbocycles. The zero-order valence-electron chi connectivity index (χ0n) is 28.8. The van der Waals surface area contributed by atoms with Gasteiger partial charge < -0.3 is 4.42 Å². The van der Waals surface area contributed by atoms with E-state index in [9.17, 15) is 0 Å². The molecule has 0 saturated heterocycles. The minimum absolute atomic E-state index is 0.354. The molecule has 0 N–H and O–H groups in total. The summed E-state index contributed by atoms with van der Waals surface area (Å²) < 4.78 is 6.73. The molecule has 11 rings (SSSR count). The van der Waals surface area contributed by atoms with E-state index < -0.39 is 0 Å². The molecule has 7 aromatic rings. The van der Waals surface area contributed by atoms with Crippen molar-refractivity contribution in [3.63, 3.8) is 0 Å². The minimum atomic E-state index is 0.354. The second-order valence-electron chi connectivity index (χ2n) is 14.1. The lowest BCUT2D eigenvalue weighted by Crippen LogP contribution is -2.29. The van der Waals surface area contributed by atoms with Crippen LogP contribution in [0.1, 0.15) is 5.56 Å². The monoisotopic (exact) mass is 676 g/mol. The van der Waals surface area contributed by atoms with Crippen molar-refractivity contribution < 1.29 is 4.42 Å². The summed E-state index contributed by atoms with van der Waals surface area (Å²) in [4.78, 5) is 10.2. The maximum absolute atomic E-state index is 6.73. The Bertz CT molecular complexity index is 2800. The summed E-state index contributed by atoms with van der Waals surface area (Å²) in [6.07, 6.45) is 20.6. The highest BCUT2D eigenvalue weighted by Gasteiger charge is 2.38. The zero-order chi connectivity index (χ0) is 34.9. The van der Waals surface area contributed by atoms with Crippen molar-refractivity contribution in [1.82, 2.24) is 9.97 Å². The van der Waals surface area contributed by atoms with E-state index in [0.717, 1.165) is 61.1 Å². The molecule has 2 atom stereocenters. The minimum Gasteiger partial charge on any atom is -0.455 e. The number of rotatable bonds is 5. The Morgan fingerprint density at radius 2 is 1.13 bits per heavy atom. The highest BCUT2D eigenvalue weighted by molar-refractivity contribution is 6.16. The standard InChI is InChI=1S/C50H32N2O/c1-3-10-33(11-4-1)43-30-44(52-50(51-43)37-12-5-2-6-13-37)41-29-28-39(48-42-16-7-8-17-45(42)53-49(41)48)32-20-18-31(19-21-32)38-26-24-36-23-22-34-14-9-15-35-25-27-40(38)47(36)46(34)35/h1-30,46-47H. The number of hydrogen-bond acceptors (Lipinski definition) is 3. The topological polar surface area (TPSA) is 38.9 Å². The fourth-order valence-electron chi connectivity index (χ4n) is 8.62. The summed E-state index contributed by atoms with van der Waals surface area (Å²) in [5.41, 5.74) is 16.7. The molecule has 248 valence electrons. The molecular weight excluding hydrogens is 645 g/mol. The number of furan rings is 1. The first-order valence-corrected chi connectivity index (χ1v) is 18.2. The maximum atomic E-state index is 6.73. The molecular formula is C50H32N2O. The number of benzene rings is 5. The van der Waals surface area contributed by atoms with Crippen LogP contribution in [0.15, 0.2) is 209 Å². The first-order chi connectivity index (χ1) is 26.3. The molecule has 0 amide bonds. The van der Waals surface area contributed by atoms with E-state index in [1.165, 1.54) is 33.4 Å². The van der Waals surface area contributed by atoms with Gasteiger partial charge in [0.15, 0.2) is 5.82 Å². The predicted octanol–water partition coefficient (Wildman–Crippen LogP) is 12.5. The fourth-order valence-corrected chi connectivity index (χ4v) is 8.62. The van der Waals surface area contributed by atoms with Gasteiger partial charge in [-0.2, -0.15) is 0 Å². The lowest BCUT2D eigenvalue weighted by Gasteiger charge is -2.40. The van der Waals surface area contributed by atoms with Gasteiger partial charge in [0.2, 0.25) is 0 Å². The van der Waals surface area contributed by atoms with Crippen molar-refractivity contribution in [3.05, 3.63) is 210 Å². The van der Waals surface area contributed by atoms with Crippen LogP contribution in [0.3, 0.4) is 0 Å². The fraction of sp³-hybridized carbons (Fsp3) is 0.0400. The van der Waals surface area contributed by atoms with Gasteiger partial charge in [-0.15, -0.1) is 0 Å². The average molecular weight is 677 g/mol. The average Bonchev–Trinajstić information content (AvgIpc) is 3.63. The smallest absolute Gasteiger partial charge is 0.160 e. The quantitative estimate of drug-likeness (QED) is 0.182. The third-order valence-corrected chi connectivity index (χ3v) is 11.1. The van der Waals surface area contributed by atoms with Crippen LogP contribution >= 0.6 is 0 Å². The van der Waals surface area contributed by atoms with Crippen molar-refractivity contribution in [2.24, 2.45) is 11.8 Å². The molecule has 4 aliphatic carbocycles. The van der Waals surface area contributed by atoms with Gasteiger partial charge in [-0.3, -0.25) is 0 Å². The van der Waals surface area contributed by atoms with Gasteiger partial charge in [0.1, 0.15) is 11.2 Å². The highest BCUT2D eigenvalue weighted by Crippen LogP contribution is 2.51. The number of allylic oxidation sites excluding steroid dienone is 14. The van der Waals surface area contributed by atoms with Crippen LogP contribution in [0.4, 0.5) is 0 Å². The molecule has 0 spiro atoms. The van der Waals surface area contributed by atoms with Gasteiger partial charge in [0.25, 0.3) is 0 Å². The zero-order valence-corrected chi connectivity index (χ0v) is 28.8. The lowest BCUT2D eigenvalue weighted by atomic mass is 9.63. The van der Waals surface area contributed by atoms with Gasteiger partial charge in [-0.05, 0) is 62.8 Å². The van der Waals surface area contributed by atoms with Crippen LogP contribution in [0.5, 0.6) is 0 Å². The number of fused-ring (bicyclic) bond motifs is 3. The van der Waals surface area contributed by atoms with Crippen molar-refractivity contribution >= 4 is 27.5 Å². The second-order valence-corrected chi connectivity index (χ2v) is 14.1. The molecule has 0 bridgehead atoms. The third-order valence-electron chi connectivity index (χ3n) is 11.1. The summed E-state index contributed by atoms with van der Waals surface area (Å²) in [7, 11) is 0. The van der Waals surface area contributed by atoms with Crippen molar-refractivity contribution in [1.29, 1.82) is 0 Å². The highest BCUT2D eigenvalue weighted by atomic mass is 16.3. The Labute approximate surface area is 307 Å². The summed E-state index contributed by atoms with van der Waals surface area (Å²) in [5, 5.41) is 2.17. The molecule has 0 saturated carbocycles. The van der Waals surface area contributed by atoms with E-state index in [0.29, 0.717) is 17.7 Å². The molecule has 3 heteroatoms. The van der Waals surface area contributed by atoms with Crippen LogP contribution in [0.25, 0.3) is 72.5 Å². The number of hydrogen-bond donors (Lipinski definition) is 0. The largest absolute Gasteiger partial charge is 0.455 e. The van der Waals surface area contributed by atoms with Crippen LogP contribution in [-0.4, -0.2) is 9.97 Å². The van der Waals surface area contributed by atoms with Crippen LogP contribution in [0, 0.1) is 11.8 Å². The first-order valence-electron chi connectivity index (χ1n) is 18.2. The maximum Gasteiger partial charge on any atom is 0.160 e. The Morgan fingerprint density at radius 3 is 1.96 bits per heavy atom. The SMILES string of the molecule is C1=CC2=CC=C3C=CC(c4ccc(-c5ccc(-c6cc(-c7ccccc7)nc(-c7ccccc7)n6)c6oc7ccccc7c56)cc4)=C4C=CC(=C1)C2C34. The Balaban J connectivity index is 1.05. The number of nitrogens with zero attached hydrogens (tertiary/aromatic N) is 2. The summed E-state index contributed by atoms with van der Waals surface area (Å²) in [5.74, 6) is 1.43.